The fraction of sp³-hybridized carbons (Fsp3) is 0.682. The number of aliphatic hydroxyl groups is 2. The van der Waals surface area contributed by atoms with Crippen molar-refractivity contribution >= 4 is 11.9 Å². The van der Waals surface area contributed by atoms with Crippen molar-refractivity contribution < 1.29 is 51.9 Å². The molecule has 0 unspecified atom stereocenters. The molecular formula is C22H33F3N4O8. The quantitative estimate of drug-likeness (QED) is 0.154. The molecule has 0 bridgehead atoms. The second kappa shape index (κ2) is 16.4. The molecule has 1 saturated heterocycles. The molecule has 0 saturated carbocycles. The smallest absolute Gasteiger partial charge is 0.388 e. The number of amides is 1. The summed E-state index contributed by atoms with van der Waals surface area (Å²) >= 11 is 0. The summed E-state index contributed by atoms with van der Waals surface area (Å²) in [6.07, 6.45) is -6.02. The zero-order chi connectivity index (χ0) is 27.1. The van der Waals surface area contributed by atoms with E-state index in [2.05, 4.69) is 27.2 Å². The van der Waals surface area contributed by atoms with Gasteiger partial charge in [-0.1, -0.05) is 6.58 Å². The average Bonchev–Trinajstić information content (AvgIpc) is 2.87. The van der Waals surface area contributed by atoms with Gasteiger partial charge in [-0.15, -0.1) is 0 Å². The van der Waals surface area contributed by atoms with E-state index in [0.717, 1.165) is 12.3 Å². The number of alkyl halides is 3. The lowest BCUT2D eigenvalue weighted by atomic mass is 9.98. The van der Waals surface area contributed by atoms with Gasteiger partial charge in [-0.05, 0) is 12.1 Å². The monoisotopic (exact) mass is 538 g/mol. The first-order chi connectivity index (χ1) is 17.7. The molecule has 4 N–H and O–H groups in total. The number of hydrogen-bond acceptors (Lipinski definition) is 11. The molecular weight excluding hydrogens is 505 g/mol. The number of carbonyl (C=O) groups excluding carboxylic acids is 1. The zero-order valence-corrected chi connectivity index (χ0v) is 20.2. The highest BCUT2D eigenvalue weighted by atomic mass is 19.4. The van der Waals surface area contributed by atoms with Crippen molar-refractivity contribution in [1.29, 1.82) is 0 Å². The first kappa shape index (κ1) is 30.8. The van der Waals surface area contributed by atoms with Crippen molar-refractivity contribution in [2.75, 3.05) is 71.3 Å². The molecule has 1 aliphatic heterocycles. The molecule has 4 atom stereocenters. The number of carbonyl (C=O) groups is 1. The number of hydrogen-bond donors (Lipinski definition) is 4. The summed E-state index contributed by atoms with van der Waals surface area (Å²) in [5, 5.41) is 25.8. The Labute approximate surface area is 212 Å². The Balaban J connectivity index is 1.50. The summed E-state index contributed by atoms with van der Waals surface area (Å²) in [7, 11) is 0. The number of nitrogens with zero attached hydrogens (tertiary/aromatic N) is 2. The van der Waals surface area contributed by atoms with Gasteiger partial charge in [0.2, 0.25) is 11.9 Å². The van der Waals surface area contributed by atoms with Gasteiger partial charge in [-0.3, -0.25) is 4.79 Å². The highest BCUT2D eigenvalue weighted by molar-refractivity contribution is 5.86. The first-order valence-electron chi connectivity index (χ1n) is 11.6. The average molecular weight is 539 g/mol. The molecule has 12 nitrogen and oxygen atoms in total. The third-order valence-electron chi connectivity index (χ3n) is 5.02. The van der Waals surface area contributed by atoms with Crippen LogP contribution in [0.2, 0.25) is 0 Å². The summed E-state index contributed by atoms with van der Waals surface area (Å²) in [4.78, 5) is 18.0. The standard InChI is InChI=1S/C22H33F3N4O8/c1-2-18(30)26-5-6-33-7-8-34-9-10-35-11-12-36-14-16-20(32)19(31)15(13-37-16)28-21-27-4-3-17(29-21)22(23,24)25/h2-4,15-16,19-20,31-32H,1,5-14H2,(H,26,30)(H,27,28,29)/t15-,16+,19+,20-/m0/s1. The van der Waals surface area contributed by atoms with E-state index in [0.29, 0.717) is 39.6 Å². The van der Waals surface area contributed by atoms with Gasteiger partial charge in [0.15, 0.2) is 0 Å². The number of halogens is 3. The largest absolute Gasteiger partial charge is 0.433 e. The molecule has 1 fully saturated rings. The van der Waals surface area contributed by atoms with Crippen LogP contribution in [0.5, 0.6) is 0 Å². The second-order valence-electron chi connectivity index (χ2n) is 7.77. The lowest BCUT2D eigenvalue weighted by molar-refractivity contribution is -0.161. The Hall–Kier alpha value is -2.40. The fourth-order valence-corrected chi connectivity index (χ4v) is 3.09. The van der Waals surface area contributed by atoms with E-state index in [1.165, 1.54) is 6.08 Å². The summed E-state index contributed by atoms with van der Waals surface area (Å²) < 4.78 is 65.3. The number of aliphatic hydroxyl groups excluding tert-OH is 2. The number of aromatic nitrogens is 2. The van der Waals surface area contributed by atoms with E-state index in [1.54, 1.807) is 0 Å². The normalized spacial score (nSPS) is 22.0. The molecule has 15 heteroatoms. The minimum absolute atomic E-state index is 0.0184. The van der Waals surface area contributed by atoms with Crippen LogP contribution < -0.4 is 10.6 Å². The van der Waals surface area contributed by atoms with Gasteiger partial charge in [0.05, 0.1) is 65.5 Å². The lowest BCUT2D eigenvalue weighted by Crippen LogP contribution is -2.57. The fourth-order valence-electron chi connectivity index (χ4n) is 3.09. The Kier molecular flexibility index (Phi) is 13.7. The topological polar surface area (TPSA) is 154 Å². The molecule has 0 aromatic carbocycles. The molecule has 1 aliphatic rings. The highest BCUT2D eigenvalue weighted by Crippen LogP contribution is 2.28. The maximum Gasteiger partial charge on any atom is 0.433 e. The van der Waals surface area contributed by atoms with Crippen molar-refractivity contribution in [3.05, 3.63) is 30.6 Å². The van der Waals surface area contributed by atoms with Gasteiger partial charge in [-0.2, -0.15) is 13.2 Å². The summed E-state index contributed by atoms with van der Waals surface area (Å²) in [6.45, 7) is 5.92. The number of nitrogens with one attached hydrogen (secondary N) is 2. The lowest BCUT2D eigenvalue weighted by Gasteiger charge is -2.37. The van der Waals surface area contributed by atoms with Crippen molar-refractivity contribution in [2.24, 2.45) is 0 Å². The minimum Gasteiger partial charge on any atom is -0.388 e. The van der Waals surface area contributed by atoms with E-state index in [1.807, 2.05) is 0 Å². The maximum absolute atomic E-state index is 12.8. The van der Waals surface area contributed by atoms with Crippen LogP contribution in [0.15, 0.2) is 24.9 Å². The molecule has 2 rings (SSSR count). The van der Waals surface area contributed by atoms with Crippen LogP contribution in [0.25, 0.3) is 0 Å². The van der Waals surface area contributed by atoms with Crippen molar-refractivity contribution in [3.63, 3.8) is 0 Å². The van der Waals surface area contributed by atoms with Crippen molar-refractivity contribution in [1.82, 2.24) is 15.3 Å². The molecule has 37 heavy (non-hydrogen) atoms. The van der Waals surface area contributed by atoms with Crippen molar-refractivity contribution in [2.45, 2.75) is 30.5 Å². The molecule has 2 heterocycles. The predicted octanol–water partition coefficient (Wildman–Crippen LogP) is -0.235. The maximum atomic E-state index is 12.8. The van der Waals surface area contributed by atoms with E-state index in [9.17, 15) is 28.2 Å². The SMILES string of the molecule is C=CC(=O)NCCOCCOCCOCCOC[C@H]1OC[C@H](Nc2nccc(C(F)(F)F)n2)[C@@H](O)[C@H]1O. The van der Waals surface area contributed by atoms with Gasteiger partial charge in [0.1, 0.15) is 24.0 Å². The van der Waals surface area contributed by atoms with Crippen LogP contribution in [-0.2, 0) is 34.7 Å². The molecule has 1 aromatic heterocycles. The molecule has 0 radical (unpaired) electrons. The molecule has 1 aromatic rings. The Morgan fingerprint density at radius 1 is 1.08 bits per heavy atom. The van der Waals surface area contributed by atoms with Crippen LogP contribution in [0, 0.1) is 0 Å². The third-order valence-corrected chi connectivity index (χ3v) is 5.02. The van der Waals surface area contributed by atoms with E-state index < -0.39 is 36.2 Å². The number of anilines is 1. The number of ether oxygens (including phenoxy) is 5. The summed E-state index contributed by atoms with van der Waals surface area (Å²) in [6, 6.07) is -0.187. The molecule has 0 aliphatic carbocycles. The van der Waals surface area contributed by atoms with Crippen LogP contribution in [0.4, 0.5) is 19.1 Å². The second-order valence-corrected chi connectivity index (χ2v) is 7.77. The first-order valence-corrected chi connectivity index (χ1v) is 11.6. The summed E-state index contributed by atoms with van der Waals surface area (Å²) in [5.74, 6) is -0.595. The van der Waals surface area contributed by atoms with E-state index in [-0.39, 0.29) is 38.3 Å². The third kappa shape index (κ3) is 11.7. The highest BCUT2D eigenvalue weighted by Gasteiger charge is 2.39. The molecule has 210 valence electrons. The van der Waals surface area contributed by atoms with Gasteiger partial charge >= 0.3 is 6.18 Å². The van der Waals surface area contributed by atoms with Gasteiger partial charge in [0.25, 0.3) is 0 Å². The zero-order valence-electron chi connectivity index (χ0n) is 20.2. The van der Waals surface area contributed by atoms with Crippen LogP contribution in [0.1, 0.15) is 5.69 Å². The van der Waals surface area contributed by atoms with Gasteiger partial charge in [-0.25, -0.2) is 9.97 Å². The Morgan fingerprint density at radius 2 is 1.70 bits per heavy atom. The van der Waals surface area contributed by atoms with E-state index >= 15 is 0 Å². The van der Waals surface area contributed by atoms with Crippen LogP contribution in [0.3, 0.4) is 0 Å². The minimum atomic E-state index is -4.64. The molecule has 1 amide bonds. The Bertz CT molecular complexity index is 820. The van der Waals surface area contributed by atoms with Gasteiger partial charge < -0.3 is 44.5 Å². The van der Waals surface area contributed by atoms with Gasteiger partial charge in [0, 0.05) is 12.7 Å². The number of rotatable bonds is 17. The Morgan fingerprint density at radius 3 is 2.32 bits per heavy atom. The van der Waals surface area contributed by atoms with Crippen molar-refractivity contribution in [3.8, 4) is 0 Å². The van der Waals surface area contributed by atoms with E-state index in [4.69, 9.17) is 23.7 Å². The van der Waals surface area contributed by atoms with Crippen LogP contribution in [-0.4, -0.2) is 116 Å². The molecule has 0 spiro atoms. The predicted molar refractivity (Wildman–Crippen MR) is 123 cm³/mol. The summed E-state index contributed by atoms with van der Waals surface area (Å²) in [5.41, 5.74) is -1.13. The van der Waals surface area contributed by atoms with Crippen LogP contribution >= 0.6 is 0 Å².